The predicted molar refractivity (Wildman–Crippen MR) is 98.6 cm³/mol. The van der Waals surface area contributed by atoms with Gasteiger partial charge in [-0.1, -0.05) is 29.9 Å². The third-order valence-corrected chi connectivity index (χ3v) is 6.18. The smallest absolute Gasteiger partial charge is 0.299 e. The summed E-state index contributed by atoms with van der Waals surface area (Å²) in [4.78, 5) is 11.9. The summed E-state index contributed by atoms with van der Waals surface area (Å²) in [5.41, 5.74) is 0.865. The van der Waals surface area contributed by atoms with E-state index < -0.39 is 15.8 Å². The highest BCUT2D eigenvalue weighted by molar-refractivity contribution is 7.92. The molecule has 0 aliphatic heterocycles. The van der Waals surface area contributed by atoms with Crippen LogP contribution in [0.4, 0.5) is 10.1 Å². The van der Waals surface area contributed by atoms with Crippen molar-refractivity contribution in [2.24, 2.45) is 0 Å². The number of anilines is 1. The number of aryl methyl sites for hydroxylation is 1. The van der Waals surface area contributed by atoms with E-state index in [1.54, 1.807) is 10.6 Å². The molecule has 0 saturated carbocycles. The standard InChI is InChI=1S/C16H14ClFN2O3S2/c1-2-7-20-14-6-4-11(9-15(14)24-16(20)21)25(22,23)19-10-3-5-13(18)12(17)8-10/h3-6,8-9,19H,2,7H2,1H3. The van der Waals surface area contributed by atoms with Gasteiger partial charge >= 0.3 is 4.87 Å². The van der Waals surface area contributed by atoms with E-state index in [1.807, 2.05) is 6.92 Å². The van der Waals surface area contributed by atoms with Crippen molar-refractivity contribution in [2.45, 2.75) is 24.8 Å². The van der Waals surface area contributed by atoms with E-state index >= 15 is 0 Å². The normalized spacial score (nSPS) is 11.8. The summed E-state index contributed by atoms with van der Waals surface area (Å²) >= 11 is 6.68. The first-order chi connectivity index (χ1) is 11.8. The number of hydrogen-bond donors (Lipinski definition) is 1. The molecule has 3 rings (SSSR count). The molecule has 1 aromatic heterocycles. The number of thiazole rings is 1. The zero-order valence-electron chi connectivity index (χ0n) is 13.1. The number of sulfonamides is 1. The average Bonchev–Trinajstić information content (AvgIpc) is 2.86. The molecule has 132 valence electrons. The van der Waals surface area contributed by atoms with Crippen LogP contribution < -0.4 is 9.60 Å². The summed E-state index contributed by atoms with van der Waals surface area (Å²) < 4.78 is 42.8. The molecule has 9 heteroatoms. The van der Waals surface area contributed by atoms with Crippen LogP contribution in [0, 0.1) is 5.82 Å². The molecule has 3 aromatic rings. The van der Waals surface area contributed by atoms with Gasteiger partial charge in [-0.25, -0.2) is 12.8 Å². The van der Waals surface area contributed by atoms with Gasteiger partial charge in [-0.2, -0.15) is 0 Å². The maximum Gasteiger partial charge on any atom is 0.308 e. The maximum atomic E-state index is 13.2. The van der Waals surface area contributed by atoms with Gasteiger partial charge in [-0.3, -0.25) is 14.1 Å². The summed E-state index contributed by atoms with van der Waals surface area (Å²) in [6.07, 6.45) is 0.804. The zero-order chi connectivity index (χ0) is 18.2. The molecule has 0 unspecified atom stereocenters. The average molecular weight is 401 g/mol. The van der Waals surface area contributed by atoms with Gasteiger partial charge in [-0.15, -0.1) is 0 Å². The van der Waals surface area contributed by atoms with Crippen molar-refractivity contribution in [3.05, 3.63) is 56.9 Å². The molecular weight excluding hydrogens is 387 g/mol. The maximum absolute atomic E-state index is 13.2. The Morgan fingerprint density at radius 3 is 2.68 bits per heavy atom. The van der Waals surface area contributed by atoms with Crippen molar-refractivity contribution in [1.82, 2.24) is 4.57 Å². The van der Waals surface area contributed by atoms with Crippen LogP contribution in [-0.4, -0.2) is 13.0 Å². The number of nitrogens with zero attached hydrogens (tertiary/aromatic N) is 1. The third-order valence-electron chi connectivity index (χ3n) is 3.57. The Kier molecular flexibility index (Phi) is 4.86. The van der Waals surface area contributed by atoms with Gasteiger partial charge in [0.25, 0.3) is 10.0 Å². The predicted octanol–water partition coefficient (Wildman–Crippen LogP) is 4.07. The third kappa shape index (κ3) is 3.56. The van der Waals surface area contributed by atoms with Crippen LogP contribution in [0.5, 0.6) is 0 Å². The fourth-order valence-corrected chi connectivity index (χ4v) is 4.71. The van der Waals surface area contributed by atoms with E-state index in [2.05, 4.69) is 4.72 Å². The second kappa shape index (κ2) is 6.78. The molecule has 0 spiro atoms. The van der Waals surface area contributed by atoms with Crippen LogP contribution in [0.2, 0.25) is 5.02 Å². The van der Waals surface area contributed by atoms with Gasteiger partial charge in [0.2, 0.25) is 0 Å². The van der Waals surface area contributed by atoms with Gasteiger partial charge < -0.3 is 0 Å². The highest BCUT2D eigenvalue weighted by Gasteiger charge is 2.17. The van der Waals surface area contributed by atoms with Crippen LogP contribution in [0.1, 0.15) is 13.3 Å². The van der Waals surface area contributed by atoms with Crippen molar-refractivity contribution >= 4 is 48.9 Å². The lowest BCUT2D eigenvalue weighted by atomic mass is 10.3. The Balaban J connectivity index is 1.99. The Morgan fingerprint density at radius 2 is 2.00 bits per heavy atom. The van der Waals surface area contributed by atoms with E-state index in [4.69, 9.17) is 11.6 Å². The number of rotatable bonds is 5. The first kappa shape index (κ1) is 17.9. The van der Waals surface area contributed by atoms with E-state index in [0.717, 1.165) is 23.8 Å². The first-order valence-corrected chi connectivity index (χ1v) is 10.1. The number of benzene rings is 2. The van der Waals surface area contributed by atoms with Crippen molar-refractivity contribution in [2.75, 3.05) is 4.72 Å². The molecule has 1 heterocycles. The monoisotopic (exact) mass is 400 g/mol. The van der Waals surface area contributed by atoms with Crippen LogP contribution in [0.15, 0.2) is 46.1 Å². The molecule has 0 aliphatic carbocycles. The van der Waals surface area contributed by atoms with E-state index in [1.165, 1.54) is 24.3 Å². The molecule has 0 aliphatic rings. The molecule has 25 heavy (non-hydrogen) atoms. The minimum Gasteiger partial charge on any atom is -0.299 e. The molecular formula is C16H14ClFN2O3S2. The summed E-state index contributed by atoms with van der Waals surface area (Å²) in [5, 5.41) is -0.175. The van der Waals surface area contributed by atoms with Gasteiger partial charge in [0.1, 0.15) is 5.82 Å². The number of nitrogens with one attached hydrogen (secondary N) is 1. The van der Waals surface area contributed by atoms with Crippen molar-refractivity contribution < 1.29 is 12.8 Å². The first-order valence-electron chi connectivity index (χ1n) is 7.43. The van der Waals surface area contributed by atoms with E-state index in [0.29, 0.717) is 16.8 Å². The topological polar surface area (TPSA) is 68.2 Å². The van der Waals surface area contributed by atoms with Gasteiger partial charge in [-0.05, 0) is 42.8 Å². The fourth-order valence-electron chi connectivity index (χ4n) is 2.42. The second-order valence-electron chi connectivity index (χ2n) is 5.38. The van der Waals surface area contributed by atoms with Crippen LogP contribution >= 0.6 is 22.9 Å². The minimum absolute atomic E-state index is 0.0188. The number of fused-ring (bicyclic) bond motifs is 1. The van der Waals surface area contributed by atoms with Crippen LogP contribution in [-0.2, 0) is 16.6 Å². The molecule has 2 aromatic carbocycles. The largest absolute Gasteiger partial charge is 0.308 e. The van der Waals surface area contributed by atoms with Crippen LogP contribution in [0.25, 0.3) is 10.2 Å². The highest BCUT2D eigenvalue weighted by Crippen LogP contribution is 2.25. The lowest BCUT2D eigenvalue weighted by molar-refractivity contribution is 0.601. The van der Waals surface area contributed by atoms with Crippen molar-refractivity contribution in [1.29, 1.82) is 0 Å². The van der Waals surface area contributed by atoms with E-state index in [-0.39, 0.29) is 20.5 Å². The fraction of sp³-hybridized carbons (Fsp3) is 0.188. The summed E-state index contributed by atoms with van der Waals surface area (Å²) in [6, 6.07) is 8.08. The Bertz CT molecular complexity index is 1110. The summed E-state index contributed by atoms with van der Waals surface area (Å²) in [5.74, 6) is -0.631. The lowest BCUT2D eigenvalue weighted by Crippen LogP contribution is -2.13. The Morgan fingerprint density at radius 1 is 1.24 bits per heavy atom. The molecule has 0 atom stereocenters. The van der Waals surface area contributed by atoms with Crippen molar-refractivity contribution in [3.63, 3.8) is 0 Å². The Hall–Kier alpha value is -1.90. The minimum atomic E-state index is -3.89. The zero-order valence-corrected chi connectivity index (χ0v) is 15.5. The molecule has 0 bridgehead atoms. The van der Waals surface area contributed by atoms with Gasteiger partial charge in [0, 0.05) is 6.54 Å². The molecule has 5 nitrogen and oxygen atoms in total. The highest BCUT2D eigenvalue weighted by atomic mass is 35.5. The second-order valence-corrected chi connectivity index (χ2v) is 8.47. The van der Waals surface area contributed by atoms with Crippen LogP contribution in [0.3, 0.4) is 0 Å². The molecule has 0 saturated heterocycles. The lowest BCUT2D eigenvalue weighted by Gasteiger charge is -2.09. The molecule has 0 radical (unpaired) electrons. The Labute approximate surface area is 152 Å². The molecule has 0 fully saturated rings. The van der Waals surface area contributed by atoms with E-state index in [9.17, 15) is 17.6 Å². The number of halogens is 2. The quantitative estimate of drug-likeness (QED) is 0.702. The summed E-state index contributed by atoms with van der Waals surface area (Å²) in [6.45, 7) is 2.55. The van der Waals surface area contributed by atoms with Crippen molar-refractivity contribution in [3.8, 4) is 0 Å². The SMILES string of the molecule is CCCn1c(=O)sc2cc(S(=O)(=O)Nc3ccc(F)c(Cl)c3)ccc21. The molecule has 0 amide bonds. The number of hydrogen-bond acceptors (Lipinski definition) is 4. The van der Waals surface area contributed by atoms with Gasteiger partial charge in [0.15, 0.2) is 0 Å². The molecule has 1 N–H and O–H groups in total. The number of aromatic nitrogens is 1. The summed E-state index contributed by atoms with van der Waals surface area (Å²) in [7, 11) is -3.89. The van der Waals surface area contributed by atoms with Gasteiger partial charge in [0.05, 0.1) is 25.8 Å².